The molecule has 1 aliphatic rings. The van der Waals surface area contributed by atoms with Crippen LogP contribution in [0.4, 0.5) is 0 Å². The van der Waals surface area contributed by atoms with Crippen LogP contribution in [0, 0.1) is 0 Å². The third-order valence-corrected chi connectivity index (χ3v) is 7.64. The number of halogens is 1. The van der Waals surface area contributed by atoms with E-state index in [4.69, 9.17) is 20.6 Å². The van der Waals surface area contributed by atoms with E-state index in [0.29, 0.717) is 32.8 Å². The van der Waals surface area contributed by atoms with Crippen LogP contribution in [0.2, 0.25) is 5.02 Å². The van der Waals surface area contributed by atoms with Gasteiger partial charge in [-0.1, -0.05) is 79.2 Å². The Labute approximate surface area is 193 Å². The lowest BCUT2D eigenvalue weighted by Gasteiger charge is -2.30. The van der Waals surface area contributed by atoms with Crippen molar-refractivity contribution in [3.8, 4) is 0 Å². The molecule has 164 valence electrons. The highest BCUT2D eigenvalue weighted by Crippen LogP contribution is 2.57. The predicted molar refractivity (Wildman–Crippen MR) is 129 cm³/mol. The molecule has 0 fully saturated rings. The quantitative estimate of drug-likeness (QED) is 0.280. The van der Waals surface area contributed by atoms with E-state index in [0.717, 1.165) is 12.0 Å². The maximum atomic E-state index is 13.8. The summed E-state index contributed by atoms with van der Waals surface area (Å²) in [6.45, 7) is 4.06. The molecule has 1 atom stereocenters. The van der Waals surface area contributed by atoms with Crippen molar-refractivity contribution in [2.45, 2.75) is 26.7 Å². The SMILES string of the molecule is CCOP1(=O)OC(c2ccc(CC)cc2)=C(CC(=O)c2ccccc2)c2ccc(Cl)cc21. The molecule has 32 heavy (non-hydrogen) atoms. The Hall–Kier alpha value is -2.65. The maximum absolute atomic E-state index is 13.8. The number of hydrogen-bond acceptors (Lipinski definition) is 4. The zero-order valence-electron chi connectivity index (χ0n) is 18.0. The van der Waals surface area contributed by atoms with Gasteiger partial charge in [0, 0.05) is 28.1 Å². The molecule has 0 aromatic heterocycles. The molecule has 0 saturated carbocycles. The molecule has 1 heterocycles. The summed E-state index contributed by atoms with van der Waals surface area (Å²) < 4.78 is 25.5. The Morgan fingerprint density at radius 1 is 1.00 bits per heavy atom. The van der Waals surface area contributed by atoms with E-state index in [-0.39, 0.29) is 18.8 Å². The second-order valence-corrected chi connectivity index (χ2v) is 9.85. The average molecular weight is 467 g/mol. The third kappa shape index (κ3) is 4.45. The van der Waals surface area contributed by atoms with Gasteiger partial charge in [0.15, 0.2) is 5.78 Å². The summed E-state index contributed by atoms with van der Waals surface area (Å²) in [5.41, 5.74) is 3.86. The number of ketones is 1. The van der Waals surface area contributed by atoms with Gasteiger partial charge in [0.2, 0.25) is 0 Å². The van der Waals surface area contributed by atoms with E-state index < -0.39 is 7.60 Å². The number of benzene rings is 3. The molecular weight excluding hydrogens is 443 g/mol. The van der Waals surface area contributed by atoms with Crippen LogP contribution in [0.3, 0.4) is 0 Å². The first-order chi connectivity index (χ1) is 15.4. The molecule has 0 saturated heterocycles. The molecule has 0 amide bonds. The lowest BCUT2D eigenvalue weighted by Crippen LogP contribution is -2.21. The Balaban J connectivity index is 1.90. The van der Waals surface area contributed by atoms with Gasteiger partial charge in [-0.2, -0.15) is 0 Å². The van der Waals surface area contributed by atoms with Crippen LogP contribution in [-0.2, 0) is 20.0 Å². The van der Waals surface area contributed by atoms with Crippen LogP contribution >= 0.6 is 19.2 Å². The van der Waals surface area contributed by atoms with Gasteiger partial charge in [-0.05, 0) is 36.6 Å². The Morgan fingerprint density at radius 2 is 1.72 bits per heavy atom. The van der Waals surface area contributed by atoms with E-state index in [1.807, 2.05) is 42.5 Å². The fourth-order valence-electron chi connectivity index (χ4n) is 3.78. The summed E-state index contributed by atoms with van der Waals surface area (Å²) in [7, 11) is -3.68. The Bertz CT molecular complexity index is 1220. The highest BCUT2D eigenvalue weighted by molar-refractivity contribution is 7.62. The number of allylic oxidation sites excluding steroid dienone is 1. The van der Waals surface area contributed by atoms with Crippen LogP contribution in [0.5, 0.6) is 0 Å². The molecular formula is C26H24ClO4P. The van der Waals surface area contributed by atoms with E-state index in [1.54, 1.807) is 37.3 Å². The zero-order valence-corrected chi connectivity index (χ0v) is 19.7. The van der Waals surface area contributed by atoms with E-state index in [9.17, 15) is 9.36 Å². The van der Waals surface area contributed by atoms with E-state index >= 15 is 0 Å². The molecule has 4 nitrogen and oxygen atoms in total. The van der Waals surface area contributed by atoms with Crippen molar-refractivity contribution < 1.29 is 18.4 Å². The van der Waals surface area contributed by atoms with Gasteiger partial charge in [-0.25, -0.2) is 4.57 Å². The first kappa shape index (κ1) is 22.5. The van der Waals surface area contributed by atoms with Crippen LogP contribution in [-0.4, -0.2) is 12.4 Å². The molecule has 0 N–H and O–H groups in total. The lowest BCUT2D eigenvalue weighted by molar-refractivity contribution is 0.0998. The number of hydrogen-bond donors (Lipinski definition) is 0. The molecule has 0 aliphatic carbocycles. The number of rotatable bonds is 7. The summed E-state index contributed by atoms with van der Waals surface area (Å²) in [5, 5.41) is 0.813. The zero-order chi connectivity index (χ0) is 22.7. The standard InChI is InChI=1S/C26H24ClO4P/c1-3-18-10-12-20(13-11-18)26-23(17-24(28)19-8-6-5-7-9-19)22-15-14-21(27)16-25(22)32(29,31-26)30-4-2/h5-16H,3-4,17H2,1-2H3. The van der Waals surface area contributed by atoms with Gasteiger partial charge in [0.25, 0.3) is 0 Å². The number of carbonyl (C=O) groups excluding carboxylic acids is 1. The second kappa shape index (κ2) is 9.46. The monoisotopic (exact) mass is 466 g/mol. The number of Topliss-reactive ketones (excluding diaryl/α,β-unsaturated/α-hetero) is 1. The van der Waals surface area contributed by atoms with E-state index in [2.05, 4.69) is 6.92 Å². The Morgan fingerprint density at radius 3 is 2.38 bits per heavy atom. The molecule has 0 bridgehead atoms. The first-order valence-corrected chi connectivity index (χ1v) is 12.5. The number of aryl methyl sites for hydroxylation is 1. The van der Waals surface area contributed by atoms with Crippen molar-refractivity contribution in [2.24, 2.45) is 0 Å². The smallest absolute Gasteiger partial charge is 0.411 e. The first-order valence-electron chi connectivity index (χ1n) is 10.6. The predicted octanol–water partition coefficient (Wildman–Crippen LogP) is 6.93. The van der Waals surface area contributed by atoms with Crippen molar-refractivity contribution in [2.75, 3.05) is 6.61 Å². The van der Waals surface area contributed by atoms with Crippen molar-refractivity contribution in [3.63, 3.8) is 0 Å². The molecule has 3 aromatic rings. The van der Waals surface area contributed by atoms with Crippen LogP contribution in [0.1, 0.15) is 47.3 Å². The second-order valence-electron chi connectivity index (χ2n) is 7.49. The largest absolute Gasteiger partial charge is 0.420 e. The minimum Gasteiger partial charge on any atom is -0.420 e. The molecule has 4 rings (SSSR count). The minimum absolute atomic E-state index is 0.0547. The van der Waals surface area contributed by atoms with Gasteiger partial charge >= 0.3 is 7.60 Å². The van der Waals surface area contributed by atoms with Gasteiger partial charge in [0.05, 0.1) is 11.9 Å². The van der Waals surface area contributed by atoms with Crippen molar-refractivity contribution in [1.29, 1.82) is 0 Å². The highest BCUT2D eigenvalue weighted by Gasteiger charge is 2.40. The van der Waals surface area contributed by atoms with Crippen LogP contribution in [0.25, 0.3) is 11.3 Å². The average Bonchev–Trinajstić information content (AvgIpc) is 2.82. The molecule has 0 spiro atoms. The third-order valence-electron chi connectivity index (χ3n) is 5.42. The summed E-state index contributed by atoms with van der Waals surface area (Å²) in [5.74, 6) is 0.351. The van der Waals surface area contributed by atoms with Gasteiger partial charge in [-0.15, -0.1) is 0 Å². The minimum atomic E-state index is -3.68. The van der Waals surface area contributed by atoms with Crippen LogP contribution < -0.4 is 5.30 Å². The molecule has 0 radical (unpaired) electrons. The number of carbonyl (C=O) groups is 1. The molecule has 3 aromatic carbocycles. The lowest BCUT2D eigenvalue weighted by atomic mass is 9.93. The molecule has 1 aliphatic heterocycles. The summed E-state index contributed by atoms with van der Waals surface area (Å²) in [6.07, 6.45) is 0.994. The van der Waals surface area contributed by atoms with Gasteiger partial charge in [-0.3, -0.25) is 9.32 Å². The van der Waals surface area contributed by atoms with Crippen molar-refractivity contribution in [1.82, 2.24) is 0 Å². The topological polar surface area (TPSA) is 52.6 Å². The van der Waals surface area contributed by atoms with Crippen LogP contribution in [0.15, 0.2) is 72.8 Å². The fourth-order valence-corrected chi connectivity index (χ4v) is 5.92. The van der Waals surface area contributed by atoms with E-state index in [1.165, 1.54) is 5.56 Å². The maximum Gasteiger partial charge on any atom is 0.411 e. The van der Waals surface area contributed by atoms with Crippen molar-refractivity contribution >= 4 is 41.6 Å². The van der Waals surface area contributed by atoms with Gasteiger partial charge < -0.3 is 4.52 Å². The fraction of sp³-hybridized carbons (Fsp3) is 0.192. The summed E-state index contributed by atoms with van der Waals surface area (Å²) in [6, 6.07) is 22.1. The highest BCUT2D eigenvalue weighted by atomic mass is 35.5. The van der Waals surface area contributed by atoms with Gasteiger partial charge in [0.1, 0.15) is 5.76 Å². The summed E-state index contributed by atoms with van der Waals surface area (Å²) >= 11 is 6.22. The Kier molecular flexibility index (Phi) is 6.66. The molecule has 6 heteroatoms. The van der Waals surface area contributed by atoms with Crippen molar-refractivity contribution in [3.05, 3.63) is 100 Å². The molecule has 1 unspecified atom stereocenters. The number of fused-ring (bicyclic) bond motifs is 1. The summed E-state index contributed by atoms with van der Waals surface area (Å²) in [4.78, 5) is 13.1. The normalized spacial score (nSPS) is 17.6.